The van der Waals surface area contributed by atoms with Crippen LogP contribution in [0.25, 0.3) is 0 Å². The Bertz CT molecular complexity index is 344. The largest absolute Gasteiger partial charge is 0.461 e. The summed E-state index contributed by atoms with van der Waals surface area (Å²) in [7, 11) is 0. The van der Waals surface area contributed by atoms with Crippen LogP contribution in [0.2, 0.25) is 0 Å². The maximum Gasteiger partial charge on any atom is 0.355 e. The van der Waals surface area contributed by atoms with E-state index < -0.39 is 0 Å². The SMILES string of the molecule is CCOC(=O)c1c(C)ccn1CCCCO. The number of carbonyl (C=O) groups excluding carboxylic acids is 1. The summed E-state index contributed by atoms with van der Waals surface area (Å²) in [5.41, 5.74) is 1.56. The summed E-state index contributed by atoms with van der Waals surface area (Å²) in [6.45, 7) is 5.01. The Kier molecular flexibility index (Phi) is 5.05. The normalized spacial score (nSPS) is 10.4. The molecule has 0 radical (unpaired) electrons. The van der Waals surface area contributed by atoms with E-state index in [-0.39, 0.29) is 12.6 Å². The van der Waals surface area contributed by atoms with Crippen molar-refractivity contribution in [3.63, 3.8) is 0 Å². The predicted molar refractivity (Wildman–Crippen MR) is 61.4 cm³/mol. The fourth-order valence-electron chi connectivity index (χ4n) is 1.64. The highest BCUT2D eigenvalue weighted by atomic mass is 16.5. The number of ether oxygens (including phenoxy) is 1. The molecule has 0 saturated carbocycles. The quantitative estimate of drug-likeness (QED) is 0.592. The van der Waals surface area contributed by atoms with Crippen LogP contribution in [-0.2, 0) is 11.3 Å². The molecule has 90 valence electrons. The van der Waals surface area contributed by atoms with E-state index in [1.807, 2.05) is 23.8 Å². The van der Waals surface area contributed by atoms with Gasteiger partial charge < -0.3 is 14.4 Å². The van der Waals surface area contributed by atoms with Gasteiger partial charge in [-0.3, -0.25) is 0 Å². The highest BCUT2D eigenvalue weighted by Gasteiger charge is 2.15. The van der Waals surface area contributed by atoms with Crippen LogP contribution in [0.4, 0.5) is 0 Å². The van der Waals surface area contributed by atoms with Gasteiger partial charge in [0.25, 0.3) is 0 Å². The molecule has 1 heterocycles. The molecule has 0 atom stereocenters. The molecule has 0 spiro atoms. The van der Waals surface area contributed by atoms with Gasteiger partial charge in [-0.25, -0.2) is 4.79 Å². The van der Waals surface area contributed by atoms with Crippen LogP contribution in [0.3, 0.4) is 0 Å². The van der Waals surface area contributed by atoms with E-state index in [2.05, 4.69) is 0 Å². The van der Waals surface area contributed by atoms with E-state index in [0.29, 0.717) is 12.3 Å². The van der Waals surface area contributed by atoms with Crippen molar-refractivity contribution in [1.29, 1.82) is 0 Å². The number of esters is 1. The molecular weight excluding hydrogens is 206 g/mol. The van der Waals surface area contributed by atoms with E-state index in [9.17, 15) is 4.79 Å². The third-order valence-electron chi connectivity index (χ3n) is 2.44. The number of aryl methyl sites for hydroxylation is 2. The fourth-order valence-corrected chi connectivity index (χ4v) is 1.64. The maximum atomic E-state index is 11.7. The molecule has 1 aromatic heterocycles. The van der Waals surface area contributed by atoms with Gasteiger partial charge >= 0.3 is 5.97 Å². The monoisotopic (exact) mass is 225 g/mol. The summed E-state index contributed by atoms with van der Waals surface area (Å²) in [4.78, 5) is 11.7. The lowest BCUT2D eigenvalue weighted by Crippen LogP contribution is -2.13. The molecule has 0 aromatic carbocycles. The van der Waals surface area contributed by atoms with E-state index >= 15 is 0 Å². The molecule has 0 aliphatic carbocycles. The van der Waals surface area contributed by atoms with Gasteiger partial charge in [-0.15, -0.1) is 0 Å². The van der Waals surface area contributed by atoms with Crippen molar-refractivity contribution in [2.24, 2.45) is 0 Å². The van der Waals surface area contributed by atoms with Crippen molar-refractivity contribution in [3.8, 4) is 0 Å². The summed E-state index contributed by atoms with van der Waals surface area (Å²) in [6.07, 6.45) is 3.50. The molecule has 1 aromatic rings. The Hall–Kier alpha value is -1.29. The Balaban J connectivity index is 2.73. The van der Waals surface area contributed by atoms with Crippen LogP contribution in [0.5, 0.6) is 0 Å². The van der Waals surface area contributed by atoms with Gasteiger partial charge in [0, 0.05) is 19.3 Å². The topological polar surface area (TPSA) is 51.5 Å². The number of hydrogen-bond acceptors (Lipinski definition) is 3. The standard InChI is InChI=1S/C12H19NO3/c1-3-16-12(15)11-10(2)6-8-13(11)7-4-5-9-14/h6,8,14H,3-5,7,9H2,1-2H3. The predicted octanol–water partition coefficient (Wildman–Crippen LogP) is 1.75. The van der Waals surface area contributed by atoms with Gasteiger partial charge in [0.1, 0.15) is 5.69 Å². The third kappa shape index (κ3) is 3.10. The van der Waals surface area contributed by atoms with Crippen LogP contribution in [0.1, 0.15) is 35.8 Å². The van der Waals surface area contributed by atoms with Gasteiger partial charge in [-0.1, -0.05) is 0 Å². The molecule has 1 N–H and O–H groups in total. The molecule has 16 heavy (non-hydrogen) atoms. The molecule has 1 rings (SSSR count). The van der Waals surface area contributed by atoms with Crippen molar-refractivity contribution in [1.82, 2.24) is 4.57 Å². The second kappa shape index (κ2) is 6.33. The summed E-state index contributed by atoms with van der Waals surface area (Å²) >= 11 is 0. The average molecular weight is 225 g/mol. The van der Waals surface area contributed by atoms with E-state index in [1.54, 1.807) is 6.92 Å². The van der Waals surface area contributed by atoms with Gasteiger partial charge in [-0.05, 0) is 38.3 Å². The van der Waals surface area contributed by atoms with Crippen LogP contribution in [0.15, 0.2) is 12.3 Å². The lowest BCUT2D eigenvalue weighted by atomic mass is 10.2. The molecule has 0 saturated heterocycles. The first kappa shape index (κ1) is 12.8. The van der Waals surface area contributed by atoms with Crippen molar-refractivity contribution >= 4 is 5.97 Å². The number of aromatic nitrogens is 1. The molecule has 0 aliphatic heterocycles. The molecule has 0 bridgehead atoms. The van der Waals surface area contributed by atoms with Crippen molar-refractivity contribution < 1.29 is 14.6 Å². The van der Waals surface area contributed by atoms with Gasteiger partial charge in [0.05, 0.1) is 6.61 Å². The van der Waals surface area contributed by atoms with Crippen LogP contribution >= 0.6 is 0 Å². The summed E-state index contributed by atoms with van der Waals surface area (Å²) < 4.78 is 6.90. The fraction of sp³-hybridized carbons (Fsp3) is 0.583. The van der Waals surface area contributed by atoms with Crippen LogP contribution in [0, 0.1) is 6.92 Å². The van der Waals surface area contributed by atoms with Gasteiger partial charge in [-0.2, -0.15) is 0 Å². The van der Waals surface area contributed by atoms with Gasteiger partial charge in [0.2, 0.25) is 0 Å². The Morgan fingerprint density at radius 2 is 2.25 bits per heavy atom. The first-order chi connectivity index (χ1) is 7.70. The second-order valence-electron chi connectivity index (χ2n) is 3.69. The molecular formula is C12H19NO3. The lowest BCUT2D eigenvalue weighted by Gasteiger charge is -2.09. The van der Waals surface area contributed by atoms with Gasteiger partial charge in [0.15, 0.2) is 0 Å². The summed E-state index contributed by atoms with van der Waals surface area (Å²) in [6, 6.07) is 1.91. The summed E-state index contributed by atoms with van der Waals surface area (Å²) in [5.74, 6) is -0.269. The highest BCUT2D eigenvalue weighted by Crippen LogP contribution is 2.12. The van der Waals surface area contributed by atoms with Crippen molar-refractivity contribution in [2.75, 3.05) is 13.2 Å². The van der Waals surface area contributed by atoms with Crippen molar-refractivity contribution in [2.45, 2.75) is 33.2 Å². The zero-order valence-electron chi connectivity index (χ0n) is 9.90. The molecule has 0 amide bonds. The average Bonchev–Trinajstić information content (AvgIpc) is 2.61. The number of nitrogens with zero attached hydrogens (tertiary/aromatic N) is 1. The molecule has 4 heteroatoms. The van der Waals surface area contributed by atoms with Crippen LogP contribution < -0.4 is 0 Å². The third-order valence-corrected chi connectivity index (χ3v) is 2.44. The zero-order valence-corrected chi connectivity index (χ0v) is 9.90. The second-order valence-corrected chi connectivity index (χ2v) is 3.69. The van der Waals surface area contributed by atoms with Crippen molar-refractivity contribution in [3.05, 3.63) is 23.5 Å². The number of aliphatic hydroxyl groups excluding tert-OH is 1. The molecule has 0 unspecified atom stereocenters. The number of hydrogen-bond donors (Lipinski definition) is 1. The Labute approximate surface area is 95.8 Å². The number of carbonyl (C=O) groups is 1. The Morgan fingerprint density at radius 3 is 2.88 bits per heavy atom. The maximum absolute atomic E-state index is 11.7. The number of aliphatic hydroxyl groups is 1. The lowest BCUT2D eigenvalue weighted by molar-refractivity contribution is 0.0512. The Morgan fingerprint density at radius 1 is 1.50 bits per heavy atom. The van der Waals surface area contributed by atoms with E-state index in [4.69, 9.17) is 9.84 Å². The number of unbranched alkanes of at least 4 members (excludes halogenated alkanes) is 1. The zero-order chi connectivity index (χ0) is 12.0. The molecule has 4 nitrogen and oxygen atoms in total. The molecule has 0 aliphatic rings. The number of rotatable bonds is 6. The summed E-state index contributed by atoms with van der Waals surface area (Å²) in [5, 5.41) is 8.71. The first-order valence-corrected chi connectivity index (χ1v) is 5.64. The first-order valence-electron chi connectivity index (χ1n) is 5.64. The van der Waals surface area contributed by atoms with Crippen LogP contribution in [-0.4, -0.2) is 28.9 Å². The minimum absolute atomic E-state index is 0.189. The van der Waals surface area contributed by atoms with E-state index in [0.717, 1.165) is 24.9 Å². The van der Waals surface area contributed by atoms with E-state index in [1.165, 1.54) is 0 Å². The minimum Gasteiger partial charge on any atom is -0.461 e. The minimum atomic E-state index is -0.269. The highest BCUT2D eigenvalue weighted by molar-refractivity contribution is 5.89. The molecule has 0 fully saturated rings. The smallest absolute Gasteiger partial charge is 0.355 e.